The second-order valence-electron chi connectivity index (χ2n) is 5.59. The lowest BCUT2D eigenvalue weighted by Gasteiger charge is -2.10. The highest BCUT2D eigenvalue weighted by molar-refractivity contribution is 7.99. The molecule has 0 heterocycles. The van der Waals surface area contributed by atoms with Crippen LogP contribution >= 0.6 is 11.8 Å². The van der Waals surface area contributed by atoms with Crippen LogP contribution in [0.2, 0.25) is 0 Å². The van der Waals surface area contributed by atoms with Gasteiger partial charge in [-0.2, -0.15) is 5.26 Å². The molecule has 0 atom stereocenters. The summed E-state index contributed by atoms with van der Waals surface area (Å²) in [4.78, 5) is 36.8. The minimum absolute atomic E-state index is 0.267. The predicted octanol–water partition coefficient (Wildman–Crippen LogP) is 3.10. The third kappa shape index (κ3) is 6.14. The van der Waals surface area contributed by atoms with Crippen LogP contribution in [0.25, 0.3) is 0 Å². The highest BCUT2D eigenvalue weighted by Gasteiger charge is 2.16. The summed E-state index contributed by atoms with van der Waals surface area (Å²) in [5.74, 6) is -1.41. The van der Waals surface area contributed by atoms with Gasteiger partial charge in [0.05, 0.1) is 11.1 Å². The molecule has 0 spiro atoms. The lowest BCUT2D eigenvalue weighted by Crippen LogP contribution is -2.41. The van der Waals surface area contributed by atoms with Gasteiger partial charge in [-0.1, -0.05) is 43.0 Å². The van der Waals surface area contributed by atoms with E-state index < -0.39 is 24.5 Å². The van der Waals surface area contributed by atoms with E-state index in [4.69, 9.17) is 4.74 Å². The second kappa shape index (κ2) is 10.7. The van der Waals surface area contributed by atoms with Crippen molar-refractivity contribution in [3.8, 4) is 6.07 Å². The van der Waals surface area contributed by atoms with Gasteiger partial charge in [0.1, 0.15) is 6.07 Å². The topological polar surface area (TPSA) is 108 Å². The summed E-state index contributed by atoms with van der Waals surface area (Å²) < 4.78 is 5.02. The molecule has 8 heteroatoms. The molecule has 0 saturated heterocycles. The lowest BCUT2D eigenvalue weighted by molar-refractivity contribution is -0.123. The number of carbonyl (C=O) groups is 3. The van der Waals surface area contributed by atoms with Crippen molar-refractivity contribution in [1.29, 1.82) is 5.26 Å². The van der Waals surface area contributed by atoms with Crippen molar-refractivity contribution in [3.05, 3.63) is 59.7 Å². The molecule has 2 aromatic carbocycles. The molecule has 2 N–H and O–H groups in total. The zero-order chi connectivity index (χ0) is 20.4. The van der Waals surface area contributed by atoms with Crippen LogP contribution in [-0.4, -0.2) is 31.1 Å². The van der Waals surface area contributed by atoms with Crippen LogP contribution in [-0.2, 0) is 9.53 Å². The van der Waals surface area contributed by atoms with Gasteiger partial charge in [-0.05, 0) is 30.7 Å². The van der Waals surface area contributed by atoms with Gasteiger partial charge in [-0.3, -0.25) is 10.1 Å². The van der Waals surface area contributed by atoms with Crippen LogP contribution in [0, 0.1) is 11.3 Å². The fourth-order valence-corrected chi connectivity index (χ4v) is 3.16. The SMILES string of the molecule is CCCNC(=O)NC(=O)COC(=O)c1ccccc1Sc1ccccc1C#N. The molecule has 0 fully saturated rings. The number of hydrogen-bond acceptors (Lipinski definition) is 6. The number of esters is 1. The minimum atomic E-state index is -0.720. The van der Waals surface area contributed by atoms with Crippen LogP contribution in [0.5, 0.6) is 0 Å². The van der Waals surface area contributed by atoms with E-state index in [1.807, 2.05) is 6.92 Å². The fraction of sp³-hybridized carbons (Fsp3) is 0.200. The number of nitrogens with one attached hydrogen (secondary N) is 2. The van der Waals surface area contributed by atoms with Crippen molar-refractivity contribution in [2.24, 2.45) is 0 Å². The van der Waals surface area contributed by atoms with E-state index in [0.717, 1.165) is 6.42 Å². The molecule has 144 valence electrons. The molecule has 2 rings (SSSR count). The zero-order valence-electron chi connectivity index (χ0n) is 15.2. The van der Waals surface area contributed by atoms with E-state index in [1.165, 1.54) is 11.8 Å². The largest absolute Gasteiger partial charge is 0.452 e. The van der Waals surface area contributed by atoms with E-state index in [-0.39, 0.29) is 5.56 Å². The first-order valence-corrected chi connectivity index (χ1v) is 9.37. The number of hydrogen-bond donors (Lipinski definition) is 2. The summed E-state index contributed by atoms with van der Waals surface area (Å²) in [5.41, 5.74) is 0.761. The summed E-state index contributed by atoms with van der Waals surface area (Å²) in [6, 6.07) is 15.3. The average Bonchev–Trinajstić information content (AvgIpc) is 2.71. The van der Waals surface area contributed by atoms with E-state index >= 15 is 0 Å². The number of nitriles is 1. The van der Waals surface area contributed by atoms with Crippen LogP contribution < -0.4 is 10.6 Å². The molecular weight excluding hydrogens is 378 g/mol. The molecule has 0 unspecified atom stereocenters. The standard InChI is InChI=1S/C20H19N3O4S/c1-2-11-22-20(26)23-18(24)13-27-19(25)15-8-4-6-10-17(15)28-16-9-5-3-7-14(16)12-21/h3-10H,2,11,13H2,1H3,(H2,22,23,24,26). The predicted molar refractivity (Wildman–Crippen MR) is 104 cm³/mol. The number of nitrogens with zero attached hydrogens (tertiary/aromatic N) is 1. The number of amides is 3. The second-order valence-corrected chi connectivity index (χ2v) is 6.67. The van der Waals surface area contributed by atoms with Crippen molar-refractivity contribution in [1.82, 2.24) is 10.6 Å². The molecule has 3 amide bonds. The molecule has 0 aliphatic carbocycles. The number of imide groups is 1. The summed E-state index contributed by atoms with van der Waals surface area (Å²) in [5, 5.41) is 13.8. The van der Waals surface area contributed by atoms with Gasteiger partial charge in [0.25, 0.3) is 5.91 Å². The monoisotopic (exact) mass is 397 g/mol. The van der Waals surface area contributed by atoms with E-state index in [1.54, 1.807) is 48.5 Å². The number of ether oxygens (including phenoxy) is 1. The maximum absolute atomic E-state index is 12.4. The third-order valence-electron chi connectivity index (χ3n) is 3.46. The minimum Gasteiger partial charge on any atom is -0.452 e. The third-order valence-corrected chi connectivity index (χ3v) is 4.61. The van der Waals surface area contributed by atoms with Crippen LogP contribution in [0.4, 0.5) is 4.79 Å². The molecule has 28 heavy (non-hydrogen) atoms. The van der Waals surface area contributed by atoms with E-state index in [9.17, 15) is 19.6 Å². The van der Waals surface area contributed by atoms with Crippen LogP contribution in [0.15, 0.2) is 58.3 Å². The highest BCUT2D eigenvalue weighted by Crippen LogP contribution is 2.32. The maximum Gasteiger partial charge on any atom is 0.339 e. The van der Waals surface area contributed by atoms with Crippen molar-refractivity contribution >= 4 is 29.7 Å². The van der Waals surface area contributed by atoms with Crippen molar-refractivity contribution in [3.63, 3.8) is 0 Å². The molecular formula is C20H19N3O4S. The Morgan fingerprint density at radius 3 is 2.46 bits per heavy atom. The molecule has 0 aliphatic rings. The maximum atomic E-state index is 12.4. The summed E-state index contributed by atoms with van der Waals surface area (Å²) in [7, 11) is 0. The van der Waals surface area contributed by atoms with Crippen molar-refractivity contribution < 1.29 is 19.1 Å². The molecule has 0 radical (unpaired) electrons. The number of rotatable bonds is 7. The Kier molecular flexibility index (Phi) is 8.06. The molecule has 0 saturated carbocycles. The Morgan fingerprint density at radius 1 is 1.07 bits per heavy atom. The van der Waals surface area contributed by atoms with Crippen LogP contribution in [0.1, 0.15) is 29.3 Å². The van der Waals surface area contributed by atoms with Gasteiger partial charge in [-0.15, -0.1) is 0 Å². The Bertz CT molecular complexity index is 908. The fourth-order valence-electron chi connectivity index (χ4n) is 2.15. The summed E-state index contributed by atoms with van der Waals surface area (Å²) in [6.45, 7) is 1.74. The molecule has 7 nitrogen and oxygen atoms in total. The summed E-state index contributed by atoms with van der Waals surface area (Å²) in [6.07, 6.45) is 0.736. The Labute approximate surface area is 167 Å². The van der Waals surface area contributed by atoms with Gasteiger partial charge in [0, 0.05) is 16.3 Å². The molecule has 2 aromatic rings. The first-order valence-electron chi connectivity index (χ1n) is 8.56. The first kappa shape index (κ1) is 21.0. The Hall–Kier alpha value is -3.31. The van der Waals surface area contributed by atoms with E-state index in [2.05, 4.69) is 16.7 Å². The van der Waals surface area contributed by atoms with Crippen molar-refractivity contribution in [2.45, 2.75) is 23.1 Å². The van der Waals surface area contributed by atoms with Gasteiger partial charge in [-0.25, -0.2) is 9.59 Å². The number of benzene rings is 2. The summed E-state index contributed by atoms with van der Waals surface area (Å²) >= 11 is 1.26. The van der Waals surface area contributed by atoms with E-state index in [0.29, 0.717) is 21.9 Å². The first-order chi connectivity index (χ1) is 13.5. The normalized spacial score (nSPS) is 9.86. The number of carbonyl (C=O) groups excluding carboxylic acids is 3. The molecule has 0 aromatic heterocycles. The zero-order valence-corrected chi connectivity index (χ0v) is 16.0. The highest BCUT2D eigenvalue weighted by atomic mass is 32.2. The molecule has 0 aliphatic heterocycles. The van der Waals surface area contributed by atoms with Crippen LogP contribution in [0.3, 0.4) is 0 Å². The Balaban J connectivity index is 2.02. The lowest BCUT2D eigenvalue weighted by atomic mass is 10.2. The molecule has 0 bridgehead atoms. The quantitative estimate of drug-likeness (QED) is 0.695. The van der Waals surface area contributed by atoms with Gasteiger partial charge < -0.3 is 10.1 Å². The average molecular weight is 397 g/mol. The Morgan fingerprint density at radius 2 is 1.75 bits per heavy atom. The van der Waals surface area contributed by atoms with Gasteiger partial charge in [0.2, 0.25) is 0 Å². The van der Waals surface area contributed by atoms with Gasteiger partial charge >= 0.3 is 12.0 Å². The number of urea groups is 1. The van der Waals surface area contributed by atoms with Crippen molar-refractivity contribution in [2.75, 3.05) is 13.2 Å². The smallest absolute Gasteiger partial charge is 0.339 e. The van der Waals surface area contributed by atoms with Gasteiger partial charge in [0.15, 0.2) is 6.61 Å².